The molecule has 0 saturated heterocycles. The van der Waals surface area contributed by atoms with E-state index < -0.39 is 0 Å². The third kappa shape index (κ3) is 7.88. The maximum Gasteiger partial charge on any atom is 0.191 e. The van der Waals surface area contributed by atoms with Crippen LogP contribution < -0.4 is 10.6 Å². The highest BCUT2D eigenvalue weighted by Gasteiger charge is 2.20. The molecule has 0 bridgehead atoms. The minimum Gasteiger partial charge on any atom is -0.381 e. The van der Waals surface area contributed by atoms with E-state index in [4.69, 9.17) is 4.74 Å². The van der Waals surface area contributed by atoms with Gasteiger partial charge in [0.2, 0.25) is 0 Å². The van der Waals surface area contributed by atoms with Crippen molar-refractivity contribution in [3.05, 3.63) is 48.3 Å². The van der Waals surface area contributed by atoms with E-state index in [1.54, 1.807) is 6.20 Å². The molecule has 1 aromatic heterocycles. The molecule has 0 spiro atoms. The van der Waals surface area contributed by atoms with Gasteiger partial charge in [-0.2, -0.15) is 5.10 Å². The smallest absolute Gasteiger partial charge is 0.191 e. The molecule has 2 aromatic rings. The quantitative estimate of drug-likeness (QED) is 0.236. The molecule has 2 N–H and O–H groups in total. The zero-order valence-corrected chi connectivity index (χ0v) is 18.3. The van der Waals surface area contributed by atoms with Crippen molar-refractivity contribution in [1.82, 2.24) is 20.4 Å². The molecule has 1 fully saturated rings. The molecule has 6 nitrogen and oxygen atoms in total. The number of guanidine groups is 1. The minimum atomic E-state index is 0. The van der Waals surface area contributed by atoms with Gasteiger partial charge in [-0.3, -0.25) is 0 Å². The van der Waals surface area contributed by atoms with E-state index in [1.165, 1.54) is 12.8 Å². The van der Waals surface area contributed by atoms with E-state index in [0.717, 1.165) is 55.9 Å². The van der Waals surface area contributed by atoms with E-state index in [2.05, 4.69) is 39.8 Å². The summed E-state index contributed by atoms with van der Waals surface area (Å²) in [5.41, 5.74) is 2.21. The van der Waals surface area contributed by atoms with Crippen LogP contribution in [-0.2, 0) is 11.3 Å². The molecule has 0 atom stereocenters. The van der Waals surface area contributed by atoms with Gasteiger partial charge in [0.15, 0.2) is 5.96 Å². The Kier molecular flexibility index (Phi) is 9.61. The molecule has 0 amide bonds. The summed E-state index contributed by atoms with van der Waals surface area (Å²) < 4.78 is 7.53. The number of nitrogens with zero attached hydrogens (tertiary/aromatic N) is 3. The van der Waals surface area contributed by atoms with E-state index in [9.17, 15) is 0 Å². The maximum absolute atomic E-state index is 5.67. The molecule has 7 heteroatoms. The molecule has 148 valence electrons. The summed E-state index contributed by atoms with van der Waals surface area (Å²) in [5.74, 6) is 1.68. The predicted molar refractivity (Wildman–Crippen MR) is 120 cm³/mol. The predicted octanol–water partition coefficient (Wildman–Crippen LogP) is 3.36. The summed E-state index contributed by atoms with van der Waals surface area (Å²) in [4.78, 5) is 4.69. The van der Waals surface area contributed by atoms with Gasteiger partial charge in [-0.25, -0.2) is 9.67 Å². The maximum atomic E-state index is 5.67. The number of rotatable bonds is 10. The van der Waals surface area contributed by atoms with Crippen LogP contribution in [0.15, 0.2) is 47.7 Å². The van der Waals surface area contributed by atoms with Gasteiger partial charge < -0.3 is 15.4 Å². The number of halogens is 1. The first-order valence-corrected chi connectivity index (χ1v) is 9.54. The summed E-state index contributed by atoms with van der Waals surface area (Å²) in [5, 5.41) is 10.9. The van der Waals surface area contributed by atoms with E-state index in [0.29, 0.717) is 6.54 Å². The van der Waals surface area contributed by atoms with Crippen LogP contribution in [0.2, 0.25) is 0 Å². The molecule has 1 aromatic carbocycles. The fraction of sp³-hybridized carbons (Fsp3) is 0.500. The molecule has 1 aliphatic carbocycles. The monoisotopic (exact) mass is 483 g/mol. The van der Waals surface area contributed by atoms with Gasteiger partial charge in [0.1, 0.15) is 0 Å². The van der Waals surface area contributed by atoms with Crippen molar-refractivity contribution in [2.45, 2.75) is 32.7 Å². The van der Waals surface area contributed by atoms with Crippen LogP contribution >= 0.6 is 24.0 Å². The molecule has 0 aliphatic heterocycles. The Bertz CT molecular complexity index is 685. The standard InChI is InChI=1S/C20H29N5O.HI/c1-2-21-20(22-10-5-13-26-16-17-8-9-17)23-15-18-6-3-7-19(14-18)25-12-4-11-24-25;/h3-4,6-7,11-12,14,17H,2,5,8-10,13,15-16H2,1H3,(H2,21,22,23);1H. The van der Waals surface area contributed by atoms with Crippen LogP contribution in [0.3, 0.4) is 0 Å². The van der Waals surface area contributed by atoms with Crippen molar-refractivity contribution in [3.8, 4) is 5.69 Å². The second-order valence-electron chi connectivity index (χ2n) is 6.61. The van der Waals surface area contributed by atoms with Crippen LogP contribution in [-0.4, -0.2) is 42.0 Å². The number of nitrogens with one attached hydrogen (secondary N) is 2. The van der Waals surface area contributed by atoms with Gasteiger partial charge in [0.05, 0.1) is 12.2 Å². The van der Waals surface area contributed by atoms with Crippen molar-refractivity contribution in [1.29, 1.82) is 0 Å². The van der Waals surface area contributed by atoms with Crippen molar-refractivity contribution >= 4 is 29.9 Å². The summed E-state index contributed by atoms with van der Waals surface area (Å²) in [6.07, 6.45) is 7.41. The van der Waals surface area contributed by atoms with Crippen LogP contribution in [0.4, 0.5) is 0 Å². The Hall–Kier alpha value is -1.61. The Morgan fingerprint density at radius 2 is 2.19 bits per heavy atom. The van der Waals surface area contributed by atoms with Crippen molar-refractivity contribution in [2.75, 3.05) is 26.3 Å². The van der Waals surface area contributed by atoms with Gasteiger partial charge in [-0.1, -0.05) is 12.1 Å². The molecule has 0 radical (unpaired) electrons. The van der Waals surface area contributed by atoms with Crippen LogP contribution in [0, 0.1) is 5.92 Å². The first kappa shape index (κ1) is 21.7. The Morgan fingerprint density at radius 3 is 2.93 bits per heavy atom. The molecule has 27 heavy (non-hydrogen) atoms. The topological polar surface area (TPSA) is 63.5 Å². The van der Waals surface area contributed by atoms with Crippen molar-refractivity contribution < 1.29 is 4.74 Å². The average Bonchev–Trinajstić information content (AvgIpc) is 3.32. The summed E-state index contributed by atoms with van der Waals surface area (Å²) in [6, 6.07) is 10.2. The van der Waals surface area contributed by atoms with Crippen molar-refractivity contribution in [3.63, 3.8) is 0 Å². The number of ether oxygens (including phenoxy) is 1. The summed E-state index contributed by atoms with van der Waals surface area (Å²) >= 11 is 0. The lowest BCUT2D eigenvalue weighted by Gasteiger charge is -2.11. The van der Waals surface area contributed by atoms with Gasteiger partial charge >= 0.3 is 0 Å². The van der Waals surface area contributed by atoms with Gasteiger partial charge in [0.25, 0.3) is 0 Å². The highest BCUT2D eigenvalue weighted by atomic mass is 127. The second-order valence-corrected chi connectivity index (χ2v) is 6.61. The first-order chi connectivity index (χ1) is 12.8. The largest absolute Gasteiger partial charge is 0.381 e. The molecule has 1 heterocycles. The lowest BCUT2D eigenvalue weighted by Crippen LogP contribution is -2.38. The van der Waals surface area contributed by atoms with Crippen LogP contribution in [0.1, 0.15) is 31.7 Å². The Balaban J connectivity index is 0.00000261. The third-order valence-corrected chi connectivity index (χ3v) is 4.25. The Labute approximate surface area is 178 Å². The number of aliphatic imine (C=N–C) groups is 1. The van der Waals surface area contributed by atoms with E-state index in [1.807, 2.05) is 29.1 Å². The highest BCUT2D eigenvalue weighted by Crippen LogP contribution is 2.28. The zero-order valence-electron chi connectivity index (χ0n) is 15.9. The minimum absolute atomic E-state index is 0. The van der Waals surface area contributed by atoms with Crippen LogP contribution in [0.5, 0.6) is 0 Å². The lowest BCUT2D eigenvalue weighted by molar-refractivity contribution is 0.123. The van der Waals surface area contributed by atoms with E-state index in [-0.39, 0.29) is 24.0 Å². The molecule has 0 unspecified atom stereocenters. The molecular formula is C20H30IN5O. The number of aromatic nitrogens is 2. The second kappa shape index (κ2) is 12.0. The average molecular weight is 483 g/mol. The highest BCUT2D eigenvalue weighted by molar-refractivity contribution is 14.0. The zero-order chi connectivity index (χ0) is 18.0. The normalized spacial score (nSPS) is 13.9. The third-order valence-electron chi connectivity index (χ3n) is 4.25. The van der Waals surface area contributed by atoms with Gasteiger partial charge in [0, 0.05) is 38.7 Å². The summed E-state index contributed by atoms with van der Waals surface area (Å²) in [6.45, 7) is 6.16. The Morgan fingerprint density at radius 1 is 1.30 bits per heavy atom. The molecule has 3 rings (SSSR count). The van der Waals surface area contributed by atoms with Crippen molar-refractivity contribution in [2.24, 2.45) is 10.9 Å². The molecule has 1 aliphatic rings. The first-order valence-electron chi connectivity index (χ1n) is 9.54. The SMILES string of the molecule is CCNC(=NCc1cccc(-n2cccn2)c1)NCCCOCC1CC1.I. The summed E-state index contributed by atoms with van der Waals surface area (Å²) in [7, 11) is 0. The van der Waals surface area contributed by atoms with Gasteiger partial charge in [-0.15, -0.1) is 24.0 Å². The lowest BCUT2D eigenvalue weighted by atomic mass is 10.2. The van der Waals surface area contributed by atoms with E-state index >= 15 is 0 Å². The fourth-order valence-electron chi connectivity index (χ4n) is 2.65. The van der Waals surface area contributed by atoms with Crippen LogP contribution in [0.25, 0.3) is 5.69 Å². The van der Waals surface area contributed by atoms with Gasteiger partial charge in [-0.05, 0) is 55.9 Å². The number of hydrogen-bond donors (Lipinski definition) is 2. The number of benzene rings is 1. The molecule has 1 saturated carbocycles. The number of hydrogen-bond acceptors (Lipinski definition) is 3. The fourth-order valence-corrected chi connectivity index (χ4v) is 2.65. The molecular weight excluding hydrogens is 453 g/mol.